The first-order chi connectivity index (χ1) is 9.65. The Bertz CT molecular complexity index is 591. The van der Waals surface area contributed by atoms with E-state index < -0.39 is 6.09 Å². The Hall–Kier alpha value is -2.62. The van der Waals surface area contributed by atoms with Crippen LogP contribution in [0.3, 0.4) is 0 Å². The monoisotopic (exact) mass is 285 g/mol. The van der Waals surface area contributed by atoms with Gasteiger partial charge in [-0.25, -0.2) is 4.79 Å². The molecule has 0 saturated carbocycles. The molecule has 0 atom stereocenters. The Morgan fingerprint density at radius 3 is 2.19 bits per heavy atom. The van der Waals surface area contributed by atoms with Crippen LogP contribution in [0.15, 0.2) is 54.6 Å². The number of rotatable bonds is 4. The van der Waals surface area contributed by atoms with Crippen molar-refractivity contribution >= 4 is 17.6 Å². The van der Waals surface area contributed by atoms with Gasteiger partial charge in [-0.1, -0.05) is 37.8 Å². The normalized spacial score (nSPS) is 9.38. The largest absolute Gasteiger partial charge is 0.444 e. The van der Waals surface area contributed by atoms with Gasteiger partial charge in [0, 0.05) is 11.3 Å². The molecule has 0 aliphatic heterocycles. The smallest absolute Gasteiger partial charge is 0.411 e. The van der Waals surface area contributed by atoms with E-state index in [-0.39, 0.29) is 19.8 Å². The molecule has 21 heavy (non-hydrogen) atoms. The van der Waals surface area contributed by atoms with Gasteiger partial charge >= 0.3 is 6.09 Å². The van der Waals surface area contributed by atoms with Gasteiger partial charge in [-0.15, -0.1) is 0 Å². The topological polar surface area (TPSA) is 55.4 Å². The lowest BCUT2D eigenvalue weighted by Gasteiger charge is -2.07. The minimum atomic E-state index is -0.524. The zero-order chi connectivity index (χ0) is 14.4. The molecule has 0 unspecified atom stereocenters. The van der Waals surface area contributed by atoms with Crippen molar-refractivity contribution in [3.05, 3.63) is 65.7 Å². The van der Waals surface area contributed by atoms with Crippen LogP contribution in [0.2, 0.25) is 0 Å². The van der Waals surface area contributed by atoms with Gasteiger partial charge in [-0.2, -0.15) is 0 Å². The molecule has 0 spiro atoms. The van der Waals surface area contributed by atoms with Crippen LogP contribution >= 0.6 is 0 Å². The van der Waals surface area contributed by atoms with Crippen LogP contribution in [0.4, 0.5) is 10.5 Å². The zero-order valence-electron chi connectivity index (χ0n) is 11.1. The van der Waals surface area contributed by atoms with Crippen molar-refractivity contribution in [2.75, 3.05) is 5.32 Å². The first kappa shape index (κ1) is 16.4. The molecule has 110 valence electrons. The lowest BCUT2D eigenvalue weighted by Crippen LogP contribution is -2.13. The number of hydrogen-bond acceptors (Lipinski definition) is 3. The van der Waals surface area contributed by atoms with Crippen LogP contribution in [0.1, 0.15) is 30.3 Å². The molecule has 2 rings (SSSR count). The number of nitrogens with one attached hydrogen (secondary N) is 1. The van der Waals surface area contributed by atoms with Crippen LogP contribution in [0, 0.1) is 0 Å². The van der Waals surface area contributed by atoms with E-state index in [2.05, 4.69) is 5.32 Å². The highest BCUT2D eigenvalue weighted by Crippen LogP contribution is 2.11. The third kappa shape index (κ3) is 5.10. The first-order valence-corrected chi connectivity index (χ1v) is 6.24. The molecule has 2 aromatic carbocycles. The number of ether oxygens (including phenoxy) is 1. The maximum Gasteiger partial charge on any atom is 0.411 e. The summed E-state index contributed by atoms with van der Waals surface area (Å²) in [5.41, 5.74) is 2.12. The Morgan fingerprint density at radius 1 is 1.00 bits per heavy atom. The van der Waals surface area contributed by atoms with Crippen molar-refractivity contribution in [1.29, 1.82) is 0 Å². The highest BCUT2D eigenvalue weighted by atomic mass is 16.5. The van der Waals surface area contributed by atoms with Gasteiger partial charge in [-0.05, 0) is 36.8 Å². The highest BCUT2D eigenvalue weighted by molar-refractivity contribution is 5.94. The molecule has 4 heteroatoms. The third-order valence-electron chi connectivity index (χ3n) is 2.75. The molecule has 0 aromatic heterocycles. The first-order valence-electron chi connectivity index (χ1n) is 6.24. The predicted molar refractivity (Wildman–Crippen MR) is 83.4 cm³/mol. The lowest BCUT2D eigenvalue weighted by molar-refractivity contribution is 0.101. The summed E-state index contributed by atoms with van der Waals surface area (Å²) in [4.78, 5) is 22.7. The Kier molecular flexibility index (Phi) is 6.14. The summed E-state index contributed by atoms with van der Waals surface area (Å²) in [5, 5.41) is 2.61. The van der Waals surface area contributed by atoms with Crippen LogP contribution in [0.5, 0.6) is 0 Å². The number of ketones is 1. The maximum atomic E-state index is 11.6. The second-order valence-corrected chi connectivity index (χ2v) is 4.32. The third-order valence-corrected chi connectivity index (χ3v) is 2.75. The molecule has 0 fully saturated rings. The number of anilines is 1. The summed E-state index contributed by atoms with van der Waals surface area (Å²) in [5.74, 6) is -0.0109. The Balaban J connectivity index is 0.00000220. The van der Waals surface area contributed by atoms with E-state index in [1.807, 2.05) is 30.3 Å². The Labute approximate surface area is 124 Å². The molecule has 0 aliphatic rings. The quantitative estimate of drug-likeness (QED) is 0.853. The fourth-order valence-corrected chi connectivity index (χ4v) is 1.67. The number of hydrogen-bond donors (Lipinski definition) is 1. The molecular formula is C17H19NO3. The number of Topliss-reactive ketones (excluding diaryl/α,β-unsaturated/α-hetero) is 1. The van der Waals surface area contributed by atoms with E-state index in [0.29, 0.717) is 11.3 Å². The maximum absolute atomic E-state index is 11.6. The van der Waals surface area contributed by atoms with Gasteiger partial charge in [0.05, 0.1) is 0 Å². The molecule has 1 amide bonds. The zero-order valence-corrected chi connectivity index (χ0v) is 11.1. The second-order valence-electron chi connectivity index (χ2n) is 4.32. The molecule has 0 saturated heterocycles. The molecule has 0 radical (unpaired) electrons. The van der Waals surface area contributed by atoms with Gasteiger partial charge < -0.3 is 4.74 Å². The van der Waals surface area contributed by atoms with Gasteiger partial charge in [-0.3, -0.25) is 10.1 Å². The molecule has 0 heterocycles. The van der Waals surface area contributed by atoms with Gasteiger partial charge in [0.25, 0.3) is 0 Å². The average Bonchev–Trinajstić information content (AvgIpc) is 2.47. The van der Waals surface area contributed by atoms with E-state index in [1.54, 1.807) is 24.3 Å². The number of amides is 1. The highest BCUT2D eigenvalue weighted by Gasteiger charge is 2.04. The molecular weight excluding hydrogens is 266 g/mol. The van der Waals surface area contributed by atoms with Gasteiger partial charge in [0.1, 0.15) is 6.61 Å². The minimum Gasteiger partial charge on any atom is -0.444 e. The number of carbonyl (C=O) groups is 2. The van der Waals surface area contributed by atoms with E-state index in [0.717, 1.165) is 5.56 Å². The molecule has 0 aliphatic carbocycles. The van der Waals surface area contributed by atoms with Crippen molar-refractivity contribution in [2.45, 2.75) is 21.0 Å². The second kappa shape index (κ2) is 7.85. The van der Waals surface area contributed by atoms with Crippen molar-refractivity contribution in [3.63, 3.8) is 0 Å². The van der Waals surface area contributed by atoms with Crippen molar-refractivity contribution in [3.8, 4) is 0 Å². The van der Waals surface area contributed by atoms with Gasteiger partial charge in [0.2, 0.25) is 0 Å². The predicted octanol–water partition coefficient (Wildman–Crippen LogP) is 4.27. The fraction of sp³-hybridized carbons (Fsp3) is 0.176. The molecule has 4 nitrogen and oxygen atoms in total. The summed E-state index contributed by atoms with van der Waals surface area (Å²) in [6.07, 6.45) is -0.524. The summed E-state index contributed by atoms with van der Waals surface area (Å²) in [6, 6.07) is 16.1. The molecule has 1 N–H and O–H groups in total. The van der Waals surface area contributed by atoms with E-state index >= 15 is 0 Å². The lowest BCUT2D eigenvalue weighted by atomic mass is 10.1. The summed E-state index contributed by atoms with van der Waals surface area (Å²) < 4.78 is 5.09. The number of benzene rings is 2. The van der Waals surface area contributed by atoms with Crippen LogP contribution < -0.4 is 5.32 Å². The van der Waals surface area contributed by atoms with Crippen LogP contribution in [-0.2, 0) is 11.3 Å². The van der Waals surface area contributed by atoms with Gasteiger partial charge in [0.15, 0.2) is 5.78 Å². The van der Waals surface area contributed by atoms with Crippen LogP contribution in [0.25, 0.3) is 0 Å². The summed E-state index contributed by atoms with van der Waals surface area (Å²) in [7, 11) is 0. The van der Waals surface area contributed by atoms with E-state index in [1.165, 1.54) is 6.92 Å². The Morgan fingerprint density at radius 2 is 1.62 bits per heavy atom. The SMILES string of the molecule is C.CC(=O)c1ccc(NC(=O)OCc2ccccc2)cc1. The van der Waals surface area contributed by atoms with Crippen molar-refractivity contribution in [1.82, 2.24) is 0 Å². The average molecular weight is 285 g/mol. The van der Waals surface area contributed by atoms with Crippen molar-refractivity contribution in [2.24, 2.45) is 0 Å². The standard InChI is InChI=1S/C16H15NO3.CH4/c1-12(18)14-7-9-15(10-8-14)17-16(19)20-11-13-5-3-2-4-6-13;/h2-10H,11H2,1H3,(H,17,19);1H4. The fourth-order valence-electron chi connectivity index (χ4n) is 1.67. The summed E-state index contributed by atoms with van der Waals surface area (Å²) in [6.45, 7) is 1.72. The van der Waals surface area contributed by atoms with E-state index in [4.69, 9.17) is 4.74 Å². The molecule has 2 aromatic rings. The molecule has 0 bridgehead atoms. The van der Waals surface area contributed by atoms with E-state index in [9.17, 15) is 9.59 Å². The van der Waals surface area contributed by atoms with Crippen molar-refractivity contribution < 1.29 is 14.3 Å². The van der Waals surface area contributed by atoms with Crippen LogP contribution in [-0.4, -0.2) is 11.9 Å². The summed E-state index contributed by atoms with van der Waals surface area (Å²) >= 11 is 0. The minimum absolute atomic E-state index is 0. The number of carbonyl (C=O) groups excluding carboxylic acids is 2.